The maximum atomic E-state index is 13.1. The van der Waals surface area contributed by atoms with Crippen LogP contribution in [0.1, 0.15) is 28.9 Å². The van der Waals surface area contributed by atoms with Gasteiger partial charge in [-0.15, -0.1) is 5.10 Å². The van der Waals surface area contributed by atoms with Crippen molar-refractivity contribution in [1.82, 2.24) is 29.4 Å². The normalized spacial score (nSPS) is 15.3. The third kappa shape index (κ3) is 4.61. The Morgan fingerprint density at radius 3 is 2.61 bits per heavy atom. The van der Waals surface area contributed by atoms with Gasteiger partial charge in [-0.25, -0.2) is 4.98 Å². The zero-order valence-corrected chi connectivity index (χ0v) is 18.3. The van der Waals surface area contributed by atoms with Crippen molar-refractivity contribution in [3.63, 3.8) is 0 Å². The number of nitrogen functional groups attached to an aromatic ring is 1. The van der Waals surface area contributed by atoms with Crippen molar-refractivity contribution in [2.24, 2.45) is 0 Å². The van der Waals surface area contributed by atoms with Gasteiger partial charge in [0.25, 0.3) is 5.78 Å². The zero-order chi connectivity index (χ0) is 22.0. The third-order valence-corrected chi connectivity index (χ3v) is 5.90. The van der Waals surface area contributed by atoms with Crippen LogP contribution in [0, 0.1) is 13.8 Å². The number of ether oxygens (including phenoxy) is 1. The molecule has 9 nitrogen and oxygen atoms in total. The summed E-state index contributed by atoms with van der Waals surface area (Å²) in [5.74, 6) is 1.63. The van der Waals surface area contributed by atoms with Gasteiger partial charge in [0.15, 0.2) is 0 Å². The summed E-state index contributed by atoms with van der Waals surface area (Å²) in [5.41, 5.74) is 9.50. The fourth-order valence-corrected chi connectivity index (χ4v) is 4.11. The van der Waals surface area contributed by atoms with Gasteiger partial charge in [0.05, 0.1) is 13.5 Å². The van der Waals surface area contributed by atoms with Gasteiger partial charge in [-0.1, -0.05) is 12.1 Å². The maximum absolute atomic E-state index is 13.1. The zero-order valence-electron chi connectivity index (χ0n) is 18.3. The second-order valence-electron chi connectivity index (χ2n) is 7.98. The average molecular weight is 424 g/mol. The summed E-state index contributed by atoms with van der Waals surface area (Å²) in [6, 6.07) is 8.17. The number of nitrogens with zero attached hydrogens (tertiary/aromatic N) is 6. The molecule has 2 N–H and O–H groups in total. The highest BCUT2D eigenvalue weighted by Crippen LogP contribution is 2.18. The first-order valence-electron chi connectivity index (χ1n) is 10.6. The molecule has 2 aromatic heterocycles. The van der Waals surface area contributed by atoms with E-state index in [9.17, 15) is 4.79 Å². The molecule has 164 valence electrons. The predicted molar refractivity (Wildman–Crippen MR) is 118 cm³/mol. The number of methoxy groups -OCH3 is 1. The maximum Gasteiger partial charge on any atom is 0.254 e. The summed E-state index contributed by atoms with van der Waals surface area (Å²) < 4.78 is 6.85. The molecule has 0 bridgehead atoms. The first kappa shape index (κ1) is 21.0. The highest BCUT2D eigenvalue weighted by atomic mass is 16.5. The van der Waals surface area contributed by atoms with E-state index in [2.05, 4.69) is 32.1 Å². The molecule has 1 aliphatic heterocycles. The van der Waals surface area contributed by atoms with Crippen molar-refractivity contribution in [3.05, 3.63) is 46.8 Å². The van der Waals surface area contributed by atoms with Crippen LogP contribution in [0.2, 0.25) is 0 Å². The minimum atomic E-state index is 0.117. The van der Waals surface area contributed by atoms with Gasteiger partial charge in [-0.05, 0) is 38.0 Å². The van der Waals surface area contributed by atoms with Crippen LogP contribution in [0.5, 0.6) is 5.75 Å². The molecule has 3 heterocycles. The summed E-state index contributed by atoms with van der Waals surface area (Å²) >= 11 is 0. The average Bonchev–Trinajstić information content (AvgIpc) is 2.97. The van der Waals surface area contributed by atoms with E-state index in [-0.39, 0.29) is 11.9 Å². The number of anilines is 1. The number of benzene rings is 1. The number of carbonyl (C=O) groups is 1. The Morgan fingerprint density at radius 1 is 1.10 bits per heavy atom. The van der Waals surface area contributed by atoms with Crippen molar-refractivity contribution in [2.45, 2.75) is 33.2 Å². The Morgan fingerprint density at radius 2 is 1.87 bits per heavy atom. The van der Waals surface area contributed by atoms with E-state index in [0.717, 1.165) is 61.8 Å². The van der Waals surface area contributed by atoms with Gasteiger partial charge in [-0.3, -0.25) is 9.69 Å². The molecule has 1 aromatic carbocycles. The van der Waals surface area contributed by atoms with Crippen LogP contribution in [-0.4, -0.2) is 68.6 Å². The number of hydrogen-bond donors (Lipinski definition) is 1. The molecule has 9 heteroatoms. The summed E-state index contributed by atoms with van der Waals surface area (Å²) in [6.45, 7) is 8.02. The molecule has 0 unspecified atom stereocenters. The van der Waals surface area contributed by atoms with Crippen LogP contribution in [0.4, 0.5) is 5.95 Å². The van der Waals surface area contributed by atoms with E-state index in [1.54, 1.807) is 11.6 Å². The van der Waals surface area contributed by atoms with Crippen molar-refractivity contribution in [3.8, 4) is 5.75 Å². The van der Waals surface area contributed by atoms with Crippen molar-refractivity contribution >= 4 is 17.6 Å². The number of fused-ring (bicyclic) bond motifs is 1. The van der Waals surface area contributed by atoms with Gasteiger partial charge >= 0.3 is 0 Å². The lowest BCUT2D eigenvalue weighted by Gasteiger charge is -2.23. The second-order valence-corrected chi connectivity index (χ2v) is 7.98. The van der Waals surface area contributed by atoms with Gasteiger partial charge in [0.1, 0.15) is 5.75 Å². The van der Waals surface area contributed by atoms with Crippen LogP contribution in [-0.2, 0) is 17.8 Å². The topological polar surface area (TPSA) is 102 Å². The fourth-order valence-electron chi connectivity index (χ4n) is 4.11. The smallest absolute Gasteiger partial charge is 0.254 e. The molecule has 1 amide bonds. The summed E-state index contributed by atoms with van der Waals surface area (Å²) in [6.07, 6.45) is 1.26. The lowest BCUT2D eigenvalue weighted by Crippen LogP contribution is -2.36. The summed E-state index contributed by atoms with van der Waals surface area (Å²) in [7, 11) is 1.67. The van der Waals surface area contributed by atoms with Crippen molar-refractivity contribution < 1.29 is 9.53 Å². The van der Waals surface area contributed by atoms with Gasteiger partial charge < -0.3 is 15.4 Å². The molecule has 31 heavy (non-hydrogen) atoms. The Balaban J connectivity index is 1.40. The lowest BCUT2D eigenvalue weighted by atomic mass is 10.1. The Kier molecular flexibility index (Phi) is 6.03. The molecule has 0 radical (unpaired) electrons. The van der Waals surface area contributed by atoms with E-state index >= 15 is 0 Å². The van der Waals surface area contributed by atoms with Crippen molar-refractivity contribution in [1.29, 1.82) is 0 Å². The van der Waals surface area contributed by atoms with Crippen LogP contribution < -0.4 is 10.5 Å². The van der Waals surface area contributed by atoms with Crippen LogP contribution in [0.25, 0.3) is 5.78 Å². The van der Waals surface area contributed by atoms with Gasteiger partial charge in [0.2, 0.25) is 11.9 Å². The second kappa shape index (κ2) is 8.89. The van der Waals surface area contributed by atoms with Crippen molar-refractivity contribution in [2.75, 3.05) is 39.0 Å². The molecule has 1 aliphatic rings. The fraction of sp³-hybridized carbons (Fsp3) is 0.455. The molecular weight excluding hydrogens is 394 g/mol. The first-order valence-corrected chi connectivity index (χ1v) is 10.6. The number of aromatic nitrogens is 4. The van der Waals surface area contributed by atoms with Gasteiger partial charge in [-0.2, -0.15) is 9.50 Å². The molecule has 3 aromatic rings. The van der Waals surface area contributed by atoms with E-state index in [0.29, 0.717) is 12.2 Å². The number of nitrogens with two attached hydrogens (primary N) is 1. The van der Waals surface area contributed by atoms with E-state index in [1.807, 2.05) is 30.9 Å². The monoisotopic (exact) mass is 423 g/mol. The molecule has 1 saturated heterocycles. The largest absolute Gasteiger partial charge is 0.497 e. The number of hydrogen-bond acceptors (Lipinski definition) is 7. The predicted octanol–water partition coefficient (Wildman–Crippen LogP) is 1.61. The highest BCUT2D eigenvalue weighted by molar-refractivity contribution is 5.79. The Bertz CT molecular complexity index is 1080. The van der Waals surface area contributed by atoms with E-state index < -0.39 is 0 Å². The molecule has 0 saturated carbocycles. The quantitative estimate of drug-likeness (QED) is 0.665. The molecule has 4 rings (SSSR count). The molecule has 1 fully saturated rings. The minimum absolute atomic E-state index is 0.117. The SMILES string of the molecule is COc1ccc(CN2CCCN(C(=O)Cc3c(C)nc4nc(N)nn4c3C)CC2)cc1. The van der Waals surface area contributed by atoms with Gasteiger partial charge in [0, 0.05) is 49.7 Å². The Labute approximate surface area is 181 Å². The minimum Gasteiger partial charge on any atom is -0.497 e. The highest BCUT2D eigenvalue weighted by Gasteiger charge is 2.22. The Hall–Kier alpha value is -3.20. The summed E-state index contributed by atoms with van der Waals surface area (Å²) in [4.78, 5) is 26.0. The molecular formula is C22H29N7O2. The van der Waals surface area contributed by atoms with Crippen LogP contribution >= 0.6 is 0 Å². The number of aryl methyl sites for hydroxylation is 2. The number of rotatable bonds is 5. The standard InChI is InChI=1S/C22H29N7O2/c1-15-19(16(2)29-22(24-15)25-21(23)26-29)13-20(30)28-10-4-9-27(11-12-28)14-17-5-7-18(31-3)8-6-17/h5-8H,4,9-14H2,1-3H3,(H2,23,26). The summed E-state index contributed by atoms with van der Waals surface area (Å²) in [5, 5.41) is 4.19. The van der Waals surface area contributed by atoms with Crippen LogP contribution in [0.15, 0.2) is 24.3 Å². The number of carbonyl (C=O) groups excluding carboxylic acids is 1. The van der Waals surface area contributed by atoms with E-state index in [4.69, 9.17) is 10.5 Å². The van der Waals surface area contributed by atoms with E-state index in [1.165, 1.54) is 5.56 Å². The first-order chi connectivity index (χ1) is 14.9. The molecule has 0 atom stereocenters. The lowest BCUT2D eigenvalue weighted by molar-refractivity contribution is -0.130. The van der Waals surface area contributed by atoms with Crippen LogP contribution in [0.3, 0.4) is 0 Å². The molecule has 0 spiro atoms. The third-order valence-electron chi connectivity index (χ3n) is 5.90. The number of amides is 1. The molecule has 0 aliphatic carbocycles.